The second-order valence-electron chi connectivity index (χ2n) is 3.77. The maximum atomic E-state index is 14.5. The summed E-state index contributed by atoms with van der Waals surface area (Å²) in [6.45, 7) is 5.57. The van der Waals surface area contributed by atoms with Gasteiger partial charge >= 0.3 is 5.97 Å². The van der Waals surface area contributed by atoms with E-state index in [2.05, 4.69) is 0 Å². The van der Waals surface area contributed by atoms with E-state index >= 15 is 0 Å². The zero-order valence-corrected chi connectivity index (χ0v) is 11.6. The van der Waals surface area contributed by atoms with Gasteiger partial charge in [0.1, 0.15) is 0 Å². The molecule has 0 aliphatic heterocycles. The highest BCUT2D eigenvalue weighted by Gasteiger charge is 2.40. The molecule has 0 aromatic heterocycles. The lowest BCUT2D eigenvalue weighted by molar-refractivity contribution is -0.148. The van der Waals surface area contributed by atoms with Gasteiger partial charge in [-0.3, -0.25) is 9.59 Å². The normalized spacial score (nSPS) is 14.1. The number of hydrogen-bond acceptors (Lipinski definition) is 4. The summed E-state index contributed by atoms with van der Waals surface area (Å²) in [4.78, 5) is 23.0. The summed E-state index contributed by atoms with van der Waals surface area (Å²) in [6.07, 6.45) is 1.01. The van der Waals surface area contributed by atoms with Crippen LogP contribution in [0, 0.1) is 0 Å². The van der Waals surface area contributed by atoms with E-state index in [1.54, 1.807) is 13.8 Å². The highest BCUT2D eigenvalue weighted by atomic mass is 32.2. The lowest BCUT2D eigenvalue weighted by Gasteiger charge is -2.22. The SMILES string of the molecule is CCCCC(F)(CC(=O)OCC)C(=O)SCC. The third-order valence-corrected chi connectivity index (χ3v) is 3.21. The van der Waals surface area contributed by atoms with E-state index in [0.29, 0.717) is 12.2 Å². The number of carbonyl (C=O) groups excluding carboxylic acids is 2. The Hall–Kier alpha value is -0.580. The molecule has 0 radical (unpaired) electrons. The van der Waals surface area contributed by atoms with E-state index in [9.17, 15) is 14.0 Å². The molecule has 0 aliphatic rings. The predicted molar refractivity (Wildman–Crippen MR) is 67.8 cm³/mol. The van der Waals surface area contributed by atoms with Crippen LogP contribution in [-0.2, 0) is 14.3 Å². The topological polar surface area (TPSA) is 43.4 Å². The Morgan fingerprint density at radius 1 is 1.29 bits per heavy atom. The zero-order chi connectivity index (χ0) is 13.3. The number of esters is 1. The molecule has 0 saturated carbocycles. The van der Waals surface area contributed by atoms with Crippen molar-refractivity contribution in [3.8, 4) is 0 Å². The smallest absolute Gasteiger partial charge is 0.309 e. The first-order valence-electron chi connectivity index (χ1n) is 6.01. The summed E-state index contributed by atoms with van der Waals surface area (Å²) < 4.78 is 19.2. The van der Waals surface area contributed by atoms with Crippen LogP contribution in [0.1, 0.15) is 46.5 Å². The van der Waals surface area contributed by atoms with Crippen LogP contribution in [0.2, 0.25) is 0 Å². The van der Waals surface area contributed by atoms with Crippen LogP contribution in [0.15, 0.2) is 0 Å². The highest BCUT2D eigenvalue weighted by Crippen LogP contribution is 2.30. The fraction of sp³-hybridized carbons (Fsp3) is 0.833. The Morgan fingerprint density at radius 2 is 1.94 bits per heavy atom. The second kappa shape index (κ2) is 8.50. The lowest BCUT2D eigenvalue weighted by Crippen LogP contribution is -2.35. The third kappa shape index (κ3) is 6.05. The zero-order valence-electron chi connectivity index (χ0n) is 10.8. The maximum Gasteiger partial charge on any atom is 0.309 e. The average molecular weight is 264 g/mol. The predicted octanol–water partition coefficient (Wildman–Crippen LogP) is 3.12. The number of halogens is 1. The monoisotopic (exact) mass is 264 g/mol. The van der Waals surface area contributed by atoms with E-state index in [4.69, 9.17) is 4.74 Å². The quantitative estimate of drug-likeness (QED) is 0.632. The fourth-order valence-electron chi connectivity index (χ4n) is 1.42. The minimum absolute atomic E-state index is 0.0914. The van der Waals surface area contributed by atoms with Crippen molar-refractivity contribution in [2.24, 2.45) is 0 Å². The molecule has 3 nitrogen and oxygen atoms in total. The fourth-order valence-corrected chi connectivity index (χ4v) is 2.12. The molecule has 0 aliphatic carbocycles. The van der Waals surface area contributed by atoms with Crippen molar-refractivity contribution in [3.05, 3.63) is 0 Å². The van der Waals surface area contributed by atoms with Crippen LogP contribution in [0.25, 0.3) is 0 Å². The van der Waals surface area contributed by atoms with Crippen LogP contribution in [0.5, 0.6) is 0 Å². The van der Waals surface area contributed by atoms with Gasteiger partial charge in [-0.15, -0.1) is 0 Å². The summed E-state index contributed by atoms with van der Waals surface area (Å²) in [5.74, 6) is -0.129. The largest absolute Gasteiger partial charge is 0.466 e. The van der Waals surface area contributed by atoms with E-state index in [0.717, 1.165) is 18.2 Å². The first-order chi connectivity index (χ1) is 8.00. The van der Waals surface area contributed by atoms with Gasteiger partial charge in [0.25, 0.3) is 0 Å². The molecule has 0 N–H and O–H groups in total. The molecule has 0 spiro atoms. The van der Waals surface area contributed by atoms with Gasteiger partial charge in [0.05, 0.1) is 13.0 Å². The van der Waals surface area contributed by atoms with Crippen LogP contribution < -0.4 is 0 Å². The molecule has 1 atom stereocenters. The summed E-state index contributed by atoms with van der Waals surface area (Å²) in [5.41, 5.74) is -2.07. The molecular formula is C12H21FO3S. The number of rotatable bonds is 8. The van der Waals surface area contributed by atoms with Gasteiger partial charge in [-0.25, -0.2) is 4.39 Å². The van der Waals surface area contributed by atoms with Crippen molar-refractivity contribution in [2.75, 3.05) is 12.4 Å². The van der Waals surface area contributed by atoms with E-state index in [-0.39, 0.29) is 13.0 Å². The molecule has 5 heteroatoms. The van der Waals surface area contributed by atoms with E-state index < -0.39 is 23.2 Å². The van der Waals surface area contributed by atoms with Gasteiger partial charge in [0, 0.05) is 0 Å². The summed E-state index contributed by atoms with van der Waals surface area (Å²) in [5, 5.41) is -0.554. The van der Waals surface area contributed by atoms with Gasteiger partial charge in [-0.1, -0.05) is 38.5 Å². The average Bonchev–Trinajstić information content (AvgIpc) is 2.27. The Balaban J connectivity index is 4.58. The van der Waals surface area contributed by atoms with Gasteiger partial charge in [0.15, 0.2) is 5.67 Å². The standard InChI is InChI=1S/C12H21FO3S/c1-4-7-8-12(13,11(15)17-6-3)9-10(14)16-5-2/h4-9H2,1-3H3. The molecule has 0 aromatic carbocycles. The molecule has 0 aromatic rings. The Kier molecular flexibility index (Phi) is 8.21. The molecule has 0 bridgehead atoms. The maximum absolute atomic E-state index is 14.5. The van der Waals surface area contributed by atoms with Gasteiger partial charge in [-0.2, -0.15) is 0 Å². The summed E-state index contributed by atoms with van der Waals surface area (Å²) in [7, 11) is 0. The molecule has 0 fully saturated rings. The van der Waals surface area contributed by atoms with E-state index in [1.807, 2.05) is 6.92 Å². The summed E-state index contributed by atoms with van der Waals surface area (Å²) >= 11 is 0.927. The highest BCUT2D eigenvalue weighted by molar-refractivity contribution is 8.13. The van der Waals surface area contributed by atoms with Crippen molar-refractivity contribution in [2.45, 2.75) is 52.1 Å². The minimum Gasteiger partial charge on any atom is -0.466 e. The van der Waals surface area contributed by atoms with Gasteiger partial charge < -0.3 is 4.74 Å². The Labute approximate surface area is 106 Å². The van der Waals surface area contributed by atoms with E-state index in [1.165, 1.54) is 0 Å². The van der Waals surface area contributed by atoms with Crippen molar-refractivity contribution < 1.29 is 18.7 Å². The van der Waals surface area contributed by atoms with Crippen molar-refractivity contribution in [1.82, 2.24) is 0 Å². The molecule has 0 amide bonds. The first-order valence-corrected chi connectivity index (χ1v) is 7.00. The van der Waals surface area contributed by atoms with Crippen LogP contribution in [0.4, 0.5) is 4.39 Å². The van der Waals surface area contributed by atoms with Crippen LogP contribution in [-0.4, -0.2) is 29.1 Å². The molecular weight excluding hydrogens is 243 g/mol. The third-order valence-electron chi connectivity index (χ3n) is 2.30. The molecule has 100 valence electrons. The molecule has 0 rings (SSSR count). The number of alkyl halides is 1. The van der Waals surface area contributed by atoms with Crippen molar-refractivity contribution >= 4 is 22.8 Å². The minimum atomic E-state index is -2.07. The lowest BCUT2D eigenvalue weighted by atomic mass is 9.96. The number of ether oxygens (including phenoxy) is 1. The van der Waals surface area contributed by atoms with Crippen LogP contribution in [0.3, 0.4) is 0 Å². The van der Waals surface area contributed by atoms with Crippen LogP contribution >= 0.6 is 11.8 Å². The number of hydrogen-bond donors (Lipinski definition) is 0. The molecule has 0 heterocycles. The van der Waals surface area contributed by atoms with Gasteiger partial charge in [-0.05, 0) is 19.1 Å². The summed E-state index contributed by atoms with van der Waals surface area (Å²) in [6, 6.07) is 0. The second-order valence-corrected chi connectivity index (χ2v) is 5.01. The molecule has 1 unspecified atom stereocenters. The number of unbranched alkanes of at least 4 members (excludes halogenated alkanes) is 1. The first kappa shape index (κ1) is 16.4. The number of thioether (sulfide) groups is 1. The van der Waals surface area contributed by atoms with Crippen molar-refractivity contribution in [1.29, 1.82) is 0 Å². The number of carbonyl (C=O) groups is 2. The van der Waals surface area contributed by atoms with Gasteiger partial charge in [0.2, 0.25) is 5.12 Å². The molecule has 17 heavy (non-hydrogen) atoms. The molecule has 0 saturated heterocycles. The Bertz CT molecular complexity index is 258. The van der Waals surface area contributed by atoms with Crippen molar-refractivity contribution in [3.63, 3.8) is 0 Å². The Morgan fingerprint density at radius 3 is 2.41 bits per heavy atom.